The van der Waals surface area contributed by atoms with Crippen LogP contribution in [0.2, 0.25) is 0 Å². The number of imide groups is 1. The lowest BCUT2D eigenvalue weighted by molar-refractivity contribution is -0.122. The van der Waals surface area contributed by atoms with Crippen LogP contribution in [0.25, 0.3) is 10.6 Å². The summed E-state index contributed by atoms with van der Waals surface area (Å²) in [6, 6.07) is 11.9. The first-order chi connectivity index (χ1) is 14.2. The van der Waals surface area contributed by atoms with Gasteiger partial charge in [0.05, 0.1) is 16.3 Å². The zero-order valence-electron chi connectivity index (χ0n) is 17.4. The van der Waals surface area contributed by atoms with Gasteiger partial charge in [0.15, 0.2) is 5.78 Å². The molecule has 156 valence electrons. The number of rotatable bonds is 6. The second kappa shape index (κ2) is 8.81. The van der Waals surface area contributed by atoms with Gasteiger partial charge in [0.25, 0.3) is 5.91 Å². The van der Waals surface area contributed by atoms with Gasteiger partial charge in [-0.15, -0.1) is 0 Å². The van der Waals surface area contributed by atoms with Gasteiger partial charge in [-0.2, -0.15) is 0 Å². The first-order valence-corrected chi connectivity index (χ1v) is 9.86. The highest BCUT2D eigenvalue weighted by Crippen LogP contribution is 2.43. The number of ether oxygens (including phenoxy) is 1. The summed E-state index contributed by atoms with van der Waals surface area (Å²) in [5.41, 5.74) is 2.16. The van der Waals surface area contributed by atoms with E-state index in [-0.39, 0.29) is 16.4 Å². The maximum atomic E-state index is 13.0. The van der Waals surface area contributed by atoms with E-state index in [0.717, 1.165) is 11.4 Å². The lowest BCUT2D eigenvalue weighted by atomic mass is 10.00. The number of nitrogens with zero attached hydrogens (tertiary/aromatic N) is 2. The van der Waals surface area contributed by atoms with E-state index in [9.17, 15) is 14.4 Å². The van der Waals surface area contributed by atoms with Crippen molar-refractivity contribution in [2.75, 3.05) is 32.1 Å². The molecule has 1 aliphatic heterocycles. The molecule has 1 aliphatic rings. The minimum Gasteiger partial charge on any atom is -0.492 e. The van der Waals surface area contributed by atoms with Gasteiger partial charge in [0, 0.05) is 24.6 Å². The zero-order valence-corrected chi connectivity index (χ0v) is 18.1. The molecule has 2 aromatic carbocycles. The summed E-state index contributed by atoms with van der Waals surface area (Å²) in [4.78, 5) is 40.0. The molecule has 0 saturated carbocycles. The number of fused-ring (bicyclic) bond motifs is 1. The van der Waals surface area contributed by atoms with Crippen molar-refractivity contribution >= 4 is 45.5 Å². The first kappa shape index (κ1) is 21.7. The van der Waals surface area contributed by atoms with Crippen molar-refractivity contribution < 1.29 is 19.1 Å². The molecule has 0 fully saturated rings. The summed E-state index contributed by atoms with van der Waals surface area (Å²) >= 11 is 6.62. The lowest BCUT2D eigenvalue weighted by Gasteiger charge is -2.12. The molecule has 0 N–H and O–H groups in total. The highest BCUT2D eigenvalue weighted by molar-refractivity contribution is 6.60. The molecule has 0 bridgehead atoms. The van der Waals surface area contributed by atoms with Crippen LogP contribution in [0.4, 0.5) is 5.69 Å². The number of hydrogen-bond acceptors (Lipinski definition) is 5. The van der Waals surface area contributed by atoms with Crippen LogP contribution in [0.15, 0.2) is 42.5 Å². The molecule has 1 heterocycles. The van der Waals surface area contributed by atoms with E-state index in [1.165, 1.54) is 13.8 Å². The molecule has 0 saturated heterocycles. The fraction of sp³-hybridized carbons (Fsp3) is 0.261. The topological polar surface area (TPSA) is 66.9 Å². The van der Waals surface area contributed by atoms with Crippen LogP contribution in [0.5, 0.6) is 5.75 Å². The van der Waals surface area contributed by atoms with Crippen molar-refractivity contribution in [1.82, 2.24) is 4.90 Å². The first-order valence-electron chi connectivity index (χ1n) is 9.49. The number of hydrogen-bond donors (Lipinski definition) is 0. The molecular weight excluding hydrogens is 404 g/mol. The third-order valence-electron chi connectivity index (χ3n) is 4.78. The largest absolute Gasteiger partial charge is 0.492 e. The number of Topliss-reactive ketones (excluding diaryl/α,β-unsaturated/α-hetero) is 1. The van der Waals surface area contributed by atoms with Crippen LogP contribution >= 0.6 is 11.6 Å². The van der Waals surface area contributed by atoms with Crippen LogP contribution in [0.3, 0.4) is 0 Å². The van der Waals surface area contributed by atoms with Crippen molar-refractivity contribution in [3.05, 3.63) is 59.2 Å². The van der Waals surface area contributed by atoms with Gasteiger partial charge < -0.3 is 9.64 Å². The maximum absolute atomic E-state index is 13.0. The van der Waals surface area contributed by atoms with Crippen LogP contribution in [0.1, 0.15) is 35.3 Å². The summed E-state index contributed by atoms with van der Waals surface area (Å²) in [7, 11) is 3.94. The van der Waals surface area contributed by atoms with Crippen molar-refractivity contribution in [2.24, 2.45) is 0 Å². The van der Waals surface area contributed by atoms with Gasteiger partial charge in [-0.3, -0.25) is 14.4 Å². The predicted octanol–water partition coefficient (Wildman–Crippen LogP) is 3.83. The number of carbonyl (C=O) groups is 3. The molecule has 30 heavy (non-hydrogen) atoms. The SMILES string of the molecule is CC(=O)c1ccc2c(c1)C(=C(Cl)c1ccc(OCCN(C)C)cc1)C(=O)N2C(C)=O. The van der Waals surface area contributed by atoms with Gasteiger partial charge >= 0.3 is 0 Å². The molecule has 0 radical (unpaired) electrons. The fourth-order valence-corrected chi connectivity index (χ4v) is 3.51. The Labute approximate surface area is 180 Å². The Balaban J connectivity index is 2.00. The summed E-state index contributed by atoms with van der Waals surface area (Å²) in [6.07, 6.45) is 0. The van der Waals surface area contributed by atoms with E-state index < -0.39 is 11.8 Å². The number of ketones is 1. The minimum atomic E-state index is -0.505. The Kier molecular flexibility index (Phi) is 6.39. The molecular formula is C23H23ClN2O4. The Morgan fingerprint density at radius 3 is 2.23 bits per heavy atom. The third kappa shape index (κ3) is 4.30. The monoisotopic (exact) mass is 426 g/mol. The molecule has 3 rings (SSSR count). The predicted molar refractivity (Wildman–Crippen MR) is 118 cm³/mol. The second-order valence-corrected chi connectivity index (χ2v) is 7.69. The minimum absolute atomic E-state index is 0.138. The van der Waals surface area contributed by atoms with Gasteiger partial charge in [0.2, 0.25) is 5.91 Å². The van der Waals surface area contributed by atoms with E-state index >= 15 is 0 Å². The second-order valence-electron chi connectivity index (χ2n) is 7.31. The quantitative estimate of drug-likeness (QED) is 0.518. The maximum Gasteiger partial charge on any atom is 0.267 e. The number of benzene rings is 2. The highest BCUT2D eigenvalue weighted by Gasteiger charge is 2.37. The molecule has 6 nitrogen and oxygen atoms in total. The summed E-state index contributed by atoms with van der Waals surface area (Å²) in [5, 5.41) is 0.213. The molecule has 2 aromatic rings. The van der Waals surface area contributed by atoms with Crippen LogP contribution in [-0.2, 0) is 9.59 Å². The van der Waals surface area contributed by atoms with Crippen molar-refractivity contribution in [3.8, 4) is 5.75 Å². The normalized spacial score (nSPS) is 14.7. The molecule has 0 aromatic heterocycles. The lowest BCUT2D eigenvalue weighted by Crippen LogP contribution is -2.31. The third-order valence-corrected chi connectivity index (χ3v) is 5.19. The van der Waals surface area contributed by atoms with Gasteiger partial charge in [-0.05, 0) is 69.0 Å². The summed E-state index contributed by atoms with van der Waals surface area (Å²) in [6.45, 7) is 4.10. The molecule has 0 unspecified atom stereocenters. The summed E-state index contributed by atoms with van der Waals surface area (Å²) < 4.78 is 5.69. The van der Waals surface area contributed by atoms with Gasteiger partial charge in [0.1, 0.15) is 12.4 Å². The number of likely N-dealkylation sites (N-methyl/N-ethyl adjacent to an activating group) is 1. The van der Waals surface area contributed by atoms with Crippen LogP contribution < -0.4 is 9.64 Å². The number of halogens is 1. The van der Waals surface area contributed by atoms with E-state index in [0.29, 0.717) is 34.7 Å². The van der Waals surface area contributed by atoms with Gasteiger partial charge in [-0.1, -0.05) is 11.6 Å². The average Bonchev–Trinajstić information content (AvgIpc) is 2.98. The Morgan fingerprint density at radius 1 is 1.03 bits per heavy atom. The highest BCUT2D eigenvalue weighted by atomic mass is 35.5. The molecule has 0 aliphatic carbocycles. The molecule has 0 atom stereocenters. The smallest absolute Gasteiger partial charge is 0.267 e. The van der Waals surface area contributed by atoms with E-state index in [1.54, 1.807) is 42.5 Å². The van der Waals surface area contributed by atoms with Crippen LogP contribution in [-0.4, -0.2) is 49.7 Å². The van der Waals surface area contributed by atoms with Gasteiger partial charge in [-0.25, -0.2) is 4.90 Å². The summed E-state index contributed by atoms with van der Waals surface area (Å²) in [5.74, 6) is -0.367. The standard InChI is InChI=1S/C23H23ClN2O4/c1-14(27)17-7-10-20-19(13-17)21(23(29)26(20)15(2)28)22(24)16-5-8-18(9-6-16)30-12-11-25(3)4/h5-10,13H,11-12H2,1-4H3. The Hall–Kier alpha value is -2.96. The Morgan fingerprint density at radius 2 is 1.67 bits per heavy atom. The fourth-order valence-electron chi connectivity index (χ4n) is 3.20. The number of carbonyl (C=O) groups excluding carboxylic acids is 3. The van der Waals surface area contributed by atoms with Crippen molar-refractivity contribution in [2.45, 2.75) is 13.8 Å². The van der Waals surface area contributed by atoms with Crippen molar-refractivity contribution in [3.63, 3.8) is 0 Å². The number of amides is 2. The van der Waals surface area contributed by atoms with E-state index in [1.807, 2.05) is 19.0 Å². The molecule has 2 amide bonds. The molecule has 7 heteroatoms. The molecule has 0 spiro atoms. The van der Waals surface area contributed by atoms with E-state index in [2.05, 4.69) is 0 Å². The van der Waals surface area contributed by atoms with Crippen molar-refractivity contribution in [1.29, 1.82) is 0 Å². The Bertz CT molecular complexity index is 1040. The van der Waals surface area contributed by atoms with E-state index in [4.69, 9.17) is 16.3 Å². The zero-order chi connectivity index (χ0) is 22.0. The van der Waals surface area contributed by atoms with Crippen LogP contribution in [0, 0.1) is 0 Å². The number of anilines is 1. The average molecular weight is 427 g/mol.